The van der Waals surface area contributed by atoms with Gasteiger partial charge in [-0.25, -0.2) is 5.43 Å². The van der Waals surface area contributed by atoms with E-state index >= 15 is 0 Å². The summed E-state index contributed by atoms with van der Waals surface area (Å²) in [6.45, 7) is 0. The summed E-state index contributed by atoms with van der Waals surface area (Å²) in [6.07, 6.45) is 6.29. The van der Waals surface area contributed by atoms with Gasteiger partial charge in [-0.15, -0.1) is 0 Å². The summed E-state index contributed by atoms with van der Waals surface area (Å²) in [6, 6.07) is 9.32. The van der Waals surface area contributed by atoms with Crippen molar-refractivity contribution < 1.29 is 18.9 Å². The minimum absolute atomic E-state index is 0.0403. The minimum Gasteiger partial charge on any atom is -0.455 e. The Labute approximate surface area is 161 Å². The second-order valence-electron chi connectivity index (χ2n) is 6.52. The Bertz CT molecular complexity index is 899. The minimum atomic E-state index is -0.840. The lowest BCUT2D eigenvalue weighted by Gasteiger charge is -2.22. The first-order chi connectivity index (χ1) is 13.5. The van der Waals surface area contributed by atoms with E-state index in [0.717, 1.165) is 32.1 Å². The fourth-order valence-corrected chi connectivity index (χ4v) is 3.05. The van der Waals surface area contributed by atoms with Crippen molar-refractivity contribution in [1.29, 1.82) is 0 Å². The first kappa shape index (κ1) is 19.3. The summed E-state index contributed by atoms with van der Waals surface area (Å²) in [5.41, 5.74) is 2.67. The van der Waals surface area contributed by atoms with Crippen molar-refractivity contribution in [1.82, 2.24) is 10.7 Å². The summed E-state index contributed by atoms with van der Waals surface area (Å²) in [4.78, 5) is 34.0. The van der Waals surface area contributed by atoms with Crippen molar-refractivity contribution in [2.24, 2.45) is 5.10 Å². The van der Waals surface area contributed by atoms with Crippen LogP contribution in [0.2, 0.25) is 0 Å². The summed E-state index contributed by atoms with van der Waals surface area (Å²) in [5, 5.41) is 17.3. The average Bonchev–Trinajstić information content (AvgIpc) is 3.17. The molecule has 0 saturated heterocycles. The zero-order valence-electron chi connectivity index (χ0n) is 15.1. The maximum atomic E-state index is 11.9. The van der Waals surface area contributed by atoms with Crippen LogP contribution < -0.4 is 10.7 Å². The molecule has 2 amide bonds. The summed E-state index contributed by atoms with van der Waals surface area (Å²) < 4.78 is 5.54. The smallest absolute Gasteiger partial charge is 0.329 e. The van der Waals surface area contributed by atoms with Crippen molar-refractivity contribution in [2.45, 2.75) is 38.1 Å². The van der Waals surface area contributed by atoms with Crippen LogP contribution in [0.25, 0.3) is 11.3 Å². The molecule has 1 aromatic heterocycles. The van der Waals surface area contributed by atoms with Gasteiger partial charge in [-0.1, -0.05) is 31.4 Å². The Hall–Kier alpha value is -3.49. The molecule has 0 bridgehead atoms. The molecule has 3 rings (SSSR count). The Balaban J connectivity index is 1.55. The predicted molar refractivity (Wildman–Crippen MR) is 102 cm³/mol. The van der Waals surface area contributed by atoms with E-state index in [1.54, 1.807) is 24.3 Å². The lowest BCUT2D eigenvalue weighted by molar-refractivity contribution is -0.384. The zero-order chi connectivity index (χ0) is 19.9. The van der Waals surface area contributed by atoms with E-state index in [-0.39, 0.29) is 11.7 Å². The van der Waals surface area contributed by atoms with Gasteiger partial charge in [0.15, 0.2) is 0 Å². The van der Waals surface area contributed by atoms with Gasteiger partial charge in [0.05, 0.1) is 11.1 Å². The standard InChI is InChI=1S/C19H20N4O5/c24-18(21-14-6-2-1-3-7-14)19(25)22-20-12-16-9-10-17(28-16)13-5-4-8-15(11-13)23(26)27/h4-5,8-12,14H,1-3,6-7H2,(H,21,24)(H,22,25)/b20-12+. The number of rotatable bonds is 5. The molecule has 0 atom stereocenters. The Morgan fingerprint density at radius 1 is 1.14 bits per heavy atom. The Morgan fingerprint density at radius 2 is 1.93 bits per heavy atom. The molecule has 9 heteroatoms. The van der Waals surface area contributed by atoms with Gasteiger partial charge < -0.3 is 9.73 Å². The van der Waals surface area contributed by atoms with E-state index in [0.29, 0.717) is 17.1 Å². The summed E-state index contributed by atoms with van der Waals surface area (Å²) in [7, 11) is 0. The average molecular weight is 384 g/mol. The van der Waals surface area contributed by atoms with Crippen molar-refractivity contribution >= 4 is 23.7 Å². The molecule has 1 heterocycles. The van der Waals surface area contributed by atoms with Gasteiger partial charge in [0.1, 0.15) is 11.5 Å². The molecule has 1 aliphatic rings. The largest absolute Gasteiger partial charge is 0.455 e. The fraction of sp³-hybridized carbons (Fsp3) is 0.316. The lowest BCUT2D eigenvalue weighted by atomic mass is 9.95. The topological polar surface area (TPSA) is 127 Å². The zero-order valence-corrected chi connectivity index (χ0v) is 15.1. The van der Waals surface area contributed by atoms with Gasteiger partial charge in [0.25, 0.3) is 5.69 Å². The predicted octanol–water partition coefficient (Wildman–Crippen LogP) is 2.75. The Kier molecular flexibility index (Phi) is 6.15. The number of hydrogen-bond acceptors (Lipinski definition) is 6. The maximum Gasteiger partial charge on any atom is 0.329 e. The molecule has 0 unspecified atom stereocenters. The van der Waals surface area contributed by atoms with E-state index in [1.807, 2.05) is 0 Å². The quantitative estimate of drug-likeness (QED) is 0.355. The molecule has 146 valence electrons. The van der Waals surface area contributed by atoms with Gasteiger partial charge >= 0.3 is 11.8 Å². The molecule has 0 spiro atoms. The molecule has 1 aliphatic carbocycles. The number of nitro groups is 1. The third kappa shape index (κ3) is 5.03. The molecular weight excluding hydrogens is 364 g/mol. The van der Waals surface area contributed by atoms with Crippen LogP contribution in [0.3, 0.4) is 0 Å². The van der Waals surface area contributed by atoms with E-state index < -0.39 is 16.7 Å². The number of nitrogens with one attached hydrogen (secondary N) is 2. The van der Waals surface area contributed by atoms with E-state index in [1.165, 1.54) is 18.3 Å². The maximum absolute atomic E-state index is 11.9. The van der Waals surface area contributed by atoms with Crippen LogP contribution in [-0.4, -0.2) is 29.0 Å². The number of carbonyl (C=O) groups is 2. The van der Waals surface area contributed by atoms with Crippen LogP contribution in [0, 0.1) is 10.1 Å². The van der Waals surface area contributed by atoms with Gasteiger partial charge in [-0.2, -0.15) is 5.10 Å². The molecule has 9 nitrogen and oxygen atoms in total. The number of nitrogens with zero attached hydrogens (tertiary/aromatic N) is 2. The van der Waals surface area contributed by atoms with Crippen LogP contribution >= 0.6 is 0 Å². The fourth-order valence-electron chi connectivity index (χ4n) is 3.05. The molecule has 0 aliphatic heterocycles. The van der Waals surface area contributed by atoms with E-state index in [4.69, 9.17) is 4.42 Å². The summed E-state index contributed by atoms with van der Waals surface area (Å²) in [5.74, 6) is -0.797. The second kappa shape index (κ2) is 8.94. The lowest BCUT2D eigenvalue weighted by Crippen LogP contribution is -2.44. The van der Waals surface area contributed by atoms with E-state index in [9.17, 15) is 19.7 Å². The highest BCUT2D eigenvalue weighted by molar-refractivity contribution is 6.35. The summed E-state index contributed by atoms with van der Waals surface area (Å²) >= 11 is 0. The first-order valence-corrected chi connectivity index (χ1v) is 9.01. The molecule has 2 aromatic rings. The highest BCUT2D eigenvalue weighted by atomic mass is 16.6. The molecule has 1 fully saturated rings. The number of furan rings is 1. The van der Waals surface area contributed by atoms with Crippen LogP contribution in [0.5, 0.6) is 0 Å². The number of hydrogen-bond donors (Lipinski definition) is 2. The highest BCUT2D eigenvalue weighted by Crippen LogP contribution is 2.25. The van der Waals surface area contributed by atoms with Crippen LogP contribution in [0.4, 0.5) is 5.69 Å². The van der Waals surface area contributed by atoms with Crippen molar-refractivity contribution in [2.75, 3.05) is 0 Å². The monoisotopic (exact) mass is 384 g/mol. The van der Waals surface area contributed by atoms with Crippen molar-refractivity contribution in [3.63, 3.8) is 0 Å². The number of non-ortho nitro benzene ring substituents is 1. The van der Waals surface area contributed by atoms with Gasteiger partial charge in [-0.05, 0) is 25.0 Å². The number of benzene rings is 1. The number of nitro benzene ring substituents is 1. The highest BCUT2D eigenvalue weighted by Gasteiger charge is 2.20. The Morgan fingerprint density at radius 3 is 2.68 bits per heavy atom. The van der Waals surface area contributed by atoms with Crippen LogP contribution in [-0.2, 0) is 9.59 Å². The third-order valence-electron chi connectivity index (χ3n) is 4.47. The van der Waals surface area contributed by atoms with Crippen molar-refractivity contribution in [3.05, 3.63) is 52.3 Å². The van der Waals surface area contributed by atoms with E-state index in [2.05, 4.69) is 15.8 Å². The first-order valence-electron chi connectivity index (χ1n) is 9.01. The normalized spacial score (nSPS) is 14.7. The third-order valence-corrected chi connectivity index (χ3v) is 4.47. The van der Waals surface area contributed by atoms with Crippen LogP contribution in [0.1, 0.15) is 37.9 Å². The molecule has 1 aromatic carbocycles. The number of hydrazone groups is 1. The molecule has 28 heavy (non-hydrogen) atoms. The molecule has 1 saturated carbocycles. The SMILES string of the molecule is O=C(N/N=C/c1ccc(-c2cccc([N+](=O)[O-])c2)o1)C(=O)NC1CCCCC1. The van der Waals surface area contributed by atoms with Gasteiger partial charge in [0.2, 0.25) is 0 Å². The second-order valence-corrected chi connectivity index (χ2v) is 6.52. The number of carbonyl (C=O) groups excluding carboxylic acids is 2. The molecular formula is C19H20N4O5. The van der Waals surface area contributed by atoms with Gasteiger partial charge in [0, 0.05) is 23.7 Å². The molecule has 0 radical (unpaired) electrons. The number of amides is 2. The van der Waals surface area contributed by atoms with Gasteiger partial charge in [-0.3, -0.25) is 19.7 Å². The van der Waals surface area contributed by atoms with Crippen molar-refractivity contribution in [3.8, 4) is 11.3 Å². The molecule has 2 N–H and O–H groups in total. The van der Waals surface area contributed by atoms with Crippen LogP contribution in [0.15, 0.2) is 45.9 Å².